The monoisotopic (exact) mass is 374 g/mol. The normalized spacial score (nSPS) is 50.8. The number of hydrogen-bond donors (Lipinski definition) is 1. The summed E-state index contributed by atoms with van der Waals surface area (Å²) in [6.07, 6.45) is 15.1. The maximum Gasteiger partial charge on any atom is 0.0543 e. The van der Waals surface area contributed by atoms with E-state index in [0.717, 1.165) is 54.3 Å². The highest BCUT2D eigenvalue weighted by molar-refractivity contribution is 5.09. The van der Waals surface area contributed by atoms with E-state index in [-0.39, 0.29) is 6.10 Å². The summed E-state index contributed by atoms with van der Waals surface area (Å²) in [5.74, 6) is 6.47. The number of rotatable bonds is 4. The third-order valence-corrected chi connectivity index (χ3v) is 10.6. The van der Waals surface area contributed by atoms with E-state index in [1.807, 2.05) is 0 Å². The quantitative estimate of drug-likeness (QED) is 0.557. The molecule has 0 saturated heterocycles. The lowest BCUT2D eigenvalue weighted by molar-refractivity contribution is -0.129. The molecule has 0 unspecified atom stereocenters. The molecule has 0 aromatic carbocycles. The van der Waals surface area contributed by atoms with Gasteiger partial charge in [-0.05, 0) is 110 Å². The number of fused-ring (bicyclic) bond motifs is 5. The maximum atomic E-state index is 10.2. The predicted molar refractivity (Wildman–Crippen MR) is 114 cm³/mol. The lowest BCUT2D eigenvalue weighted by atomic mass is 9.44. The molecule has 0 aromatic heterocycles. The Labute approximate surface area is 169 Å². The average Bonchev–Trinajstić information content (AvgIpc) is 2.97. The van der Waals surface area contributed by atoms with Crippen LogP contribution in [0.25, 0.3) is 0 Å². The van der Waals surface area contributed by atoms with Crippen molar-refractivity contribution in [1.29, 1.82) is 0 Å². The van der Waals surface area contributed by atoms with E-state index in [0.29, 0.717) is 10.8 Å². The van der Waals surface area contributed by atoms with Gasteiger partial charge in [-0.15, -0.1) is 0 Å². The lowest BCUT2D eigenvalue weighted by Crippen LogP contribution is -2.54. The molecule has 156 valence electrons. The van der Waals surface area contributed by atoms with E-state index in [2.05, 4.69) is 34.6 Å². The molecule has 1 N–H and O–H groups in total. The van der Waals surface area contributed by atoms with Crippen molar-refractivity contribution in [3.05, 3.63) is 0 Å². The van der Waals surface area contributed by atoms with E-state index in [4.69, 9.17) is 0 Å². The Morgan fingerprint density at radius 3 is 2.26 bits per heavy atom. The topological polar surface area (TPSA) is 20.2 Å². The van der Waals surface area contributed by atoms with Gasteiger partial charge in [-0.25, -0.2) is 0 Å². The second-order valence-electron chi connectivity index (χ2n) is 12.3. The van der Waals surface area contributed by atoms with Crippen molar-refractivity contribution in [3.63, 3.8) is 0 Å². The summed E-state index contributed by atoms with van der Waals surface area (Å²) in [5, 5.41) is 10.2. The van der Waals surface area contributed by atoms with Crippen molar-refractivity contribution in [2.24, 2.45) is 52.3 Å². The molecule has 4 rings (SSSR count). The van der Waals surface area contributed by atoms with Crippen molar-refractivity contribution in [2.45, 2.75) is 111 Å². The van der Waals surface area contributed by atoms with Gasteiger partial charge in [0.25, 0.3) is 0 Å². The Hall–Kier alpha value is -0.0400. The van der Waals surface area contributed by atoms with Crippen molar-refractivity contribution < 1.29 is 5.11 Å². The fourth-order valence-corrected chi connectivity index (χ4v) is 9.01. The zero-order valence-electron chi connectivity index (χ0n) is 18.8. The molecule has 1 nitrogen and oxygen atoms in total. The van der Waals surface area contributed by atoms with E-state index < -0.39 is 0 Å². The van der Waals surface area contributed by atoms with Gasteiger partial charge >= 0.3 is 0 Å². The molecular formula is C26H46O. The van der Waals surface area contributed by atoms with Crippen LogP contribution >= 0.6 is 0 Å². The summed E-state index contributed by atoms with van der Waals surface area (Å²) in [6.45, 7) is 12.7. The lowest BCUT2D eigenvalue weighted by Gasteiger charge is -2.61. The molecule has 0 bridgehead atoms. The fourth-order valence-electron chi connectivity index (χ4n) is 9.01. The number of aliphatic hydroxyl groups excluding tert-OH is 1. The van der Waals surface area contributed by atoms with Gasteiger partial charge in [-0.1, -0.05) is 47.5 Å². The zero-order chi connectivity index (χ0) is 19.4. The molecule has 4 fully saturated rings. The molecule has 9 atom stereocenters. The smallest absolute Gasteiger partial charge is 0.0543 e. The van der Waals surface area contributed by atoms with Gasteiger partial charge in [0.2, 0.25) is 0 Å². The van der Waals surface area contributed by atoms with Gasteiger partial charge in [0, 0.05) is 0 Å². The molecule has 0 aromatic rings. The summed E-state index contributed by atoms with van der Waals surface area (Å²) in [7, 11) is 0. The Morgan fingerprint density at radius 1 is 0.815 bits per heavy atom. The highest BCUT2D eigenvalue weighted by atomic mass is 16.3. The van der Waals surface area contributed by atoms with Crippen LogP contribution in [-0.4, -0.2) is 11.2 Å². The van der Waals surface area contributed by atoms with Gasteiger partial charge in [0.15, 0.2) is 0 Å². The molecule has 1 heteroatoms. The Bertz CT molecular complexity index is 526. The fraction of sp³-hybridized carbons (Fsp3) is 1.00. The second kappa shape index (κ2) is 7.33. The average molecular weight is 375 g/mol. The van der Waals surface area contributed by atoms with Gasteiger partial charge in [-0.3, -0.25) is 0 Å². The minimum Gasteiger partial charge on any atom is -0.393 e. The molecule has 0 amide bonds. The summed E-state index contributed by atoms with van der Waals surface area (Å²) in [4.78, 5) is 0. The zero-order valence-corrected chi connectivity index (χ0v) is 18.8. The number of hydrogen-bond acceptors (Lipinski definition) is 1. The highest BCUT2D eigenvalue weighted by Gasteiger charge is 2.60. The standard InChI is InChI=1S/C26H46O/c1-17(2)6-7-18(3)22-10-11-23-21-9-8-19-16-20(27)12-14-25(19,4)24(21)13-15-26(22,23)5/h17-24,27H,6-16H2,1-5H3/t18-,19-,20-,21+,22-,23+,24+,25+,26-/m1/s1. The summed E-state index contributed by atoms with van der Waals surface area (Å²) < 4.78 is 0. The first-order valence-corrected chi connectivity index (χ1v) is 12.4. The van der Waals surface area contributed by atoms with Gasteiger partial charge in [0.1, 0.15) is 0 Å². The van der Waals surface area contributed by atoms with Crippen LogP contribution < -0.4 is 0 Å². The third kappa shape index (κ3) is 3.32. The van der Waals surface area contributed by atoms with Gasteiger partial charge in [0.05, 0.1) is 6.10 Å². The first kappa shape index (κ1) is 20.2. The van der Waals surface area contributed by atoms with Crippen LogP contribution in [0.1, 0.15) is 105 Å². The van der Waals surface area contributed by atoms with Gasteiger partial charge < -0.3 is 5.11 Å². The highest BCUT2D eigenvalue weighted by Crippen LogP contribution is 2.68. The van der Waals surface area contributed by atoms with E-state index in [1.54, 1.807) is 0 Å². The van der Waals surface area contributed by atoms with Crippen LogP contribution in [0.15, 0.2) is 0 Å². The van der Waals surface area contributed by atoms with Crippen molar-refractivity contribution in [2.75, 3.05) is 0 Å². The van der Waals surface area contributed by atoms with Crippen molar-refractivity contribution in [1.82, 2.24) is 0 Å². The van der Waals surface area contributed by atoms with Crippen LogP contribution in [0.3, 0.4) is 0 Å². The first-order chi connectivity index (χ1) is 12.8. The summed E-state index contributed by atoms with van der Waals surface area (Å²) >= 11 is 0. The third-order valence-electron chi connectivity index (χ3n) is 10.6. The molecule has 4 aliphatic rings. The van der Waals surface area contributed by atoms with Crippen LogP contribution in [0.2, 0.25) is 0 Å². The molecule has 4 aliphatic carbocycles. The molecule has 0 spiro atoms. The molecule has 0 heterocycles. The molecule has 4 saturated carbocycles. The molecule has 0 aliphatic heterocycles. The Morgan fingerprint density at radius 2 is 1.52 bits per heavy atom. The van der Waals surface area contributed by atoms with Crippen LogP contribution in [0.5, 0.6) is 0 Å². The summed E-state index contributed by atoms with van der Waals surface area (Å²) in [6, 6.07) is 0. The van der Waals surface area contributed by atoms with Crippen molar-refractivity contribution >= 4 is 0 Å². The van der Waals surface area contributed by atoms with Gasteiger partial charge in [-0.2, -0.15) is 0 Å². The molecular weight excluding hydrogens is 328 g/mol. The Balaban J connectivity index is 1.50. The van der Waals surface area contributed by atoms with Crippen LogP contribution in [0.4, 0.5) is 0 Å². The van der Waals surface area contributed by atoms with Crippen LogP contribution in [0, 0.1) is 52.3 Å². The Kier molecular flexibility index (Phi) is 5.50. The SMILES string of the molecule is CC(C)CC[C@@H](C)[C@H]1CC[C@H]2[C@@H]3CC[C@@H]4C[C@H](O)CC[C@]4(C)[C@H]3CC[C@]12C. The van der Waals surface area contributed by atoms with Crippen molar-refractivity contribution in [3.8, 4) is 0 Å². The molecule has 0 radical (unpaired) electrons. The largest absolute Gasteiger partial charge is 0.393 e. The first-order valence-electron chi connectivity index (χ1n) is 12.4. The maximum absolute atomic E-state index is 10.2. The summed E-state index contributed by atoms with van der Waals surface area (Å²) in [5.41, 5.74) is 1.15. The van der Waals surface area contributed by atoms with Crippen LogP contribution in [-0.2, 0) is 0 Å². The van der Waals surface area contributed by atoms with E-state index in [1.165, 1.54) is 57.8 Å². The van der Waals surface area contributed by atoms with E-state index in [9.17, 15) is 5.11 Å². The minimum absolute atomic E-state index is 0.00820. The second-order valence-corrected chi connectivity index (χ2v) is 12.3. The minimum atomic E-state index is -0.00820. The molecule has 27 heavy (non-hydrogen) atoms. The number of aliphatic hydroxyl groups is 1. The predicted octanol–water partition coefficient (Wildman–Crippen LogP) is 7.08. The van der Waals surface area contributed by atoms with E-state index >= 15 is 0 Å².